The van der Waals surface area contributed by atoms with Gasteiger partial charge in [0.1, 0.15) is 0 Å². The summed E-state index contributed by atoms with van der Waals surface area (Å²) in [6, 6.07) is 0. The van der Waals surface area contributed by atoms with E-state index in [2.05, 4.69) is 5.32 Å². The summed E-state index contributed by atoms with van der Waals surface area (Å²) in [5.74, 6) is 0.0589. The number of rotatable bonds is 4. The maximum absolute atomic E-state index is 10.8. The van der Waals surface area contributed by atoms with Crippen LogP contribution in [0.2, 0.25) is 0 Å². The van der Waals surface area contributed by atoms with E-state index >= 15 is 0 Å². The van der Waals surface area contributed by atoms with Gasteiger partial charge in [-0.2, -0.15) is 0 Å². The van der Waals surface area contributed by atoms with Crippen molar-refractivity contribution in [2.24, 2.45) is 0 Å². The van der Waals surface area contributed by atoms with Crippen LogP contribution < -0.4 is 5.32 Å². The minimum atomic E-state index is 0.0589. The van der Waals surface area contributed by atoms with Crippen molar-refractivity contribution < 1.29 is 4.79 Å². The van der Waals surface area contributed by atoms with Crippen molar-refractivity contribution in [1.29, 1.82) is 0 Å². The molecular formula is C7H17N3O. The van der Waals surface area contributed by atoms with Crippen LogP contribution in [0.15, 0.2) is 0 Å². The van der Waals surface area contributed by atoms with Gasteiger partial charge in [0.15, 0.2) is 0 Å². The van der Waals surface area contributed by atoms with Crippen LogP contribution in [0.5, 0.6) is 0 Å². The van der Waals surface area contributed by atoms with Gasteiger partial charge in [-0.05, 0) is 7.05 Å². The first-order valence-electron chi connectivity index (χ1n) is 3.69. The SMILES string of the molecule is CNCCN(C)N(C)C(C)=O. The second-order valence-corrected chi connectivity index (χ2v) is 2.53. The van der Waals surface area contributed by atoms with E-state index in [1.54, 1.807) is 19.0 Å². The fourth-order valence-electron chi connectivity index (χ4n) is 0.664. The molecule has 0 fully saturated rings. The van der Waals surface area contributed by atoms with Crippen LogP contribution in [0.3, 0.4) is 0 Å². The first kappa shape index (κ1) is 10.4. The predicted octanol–water partition coefficient (Wildman–Crippen LogP) is -0.469. The Kier molecular flexibility index (Phi) is 4.81. The Bertz CT molecular complexity index is 127. The molecule has 0 radical (unpaired) electrons. The van der Waals surface area contributed by atoms with Crippen LogP contribution in [0, 0.1) is 0 Å². The van der Waals surface area contributed by atoms with Crippen molar-refractivity contribution in [2.45, 2.75) is 6.92 Å². The minimum absolute atomic E-state index is 0.0589. The summed E-state index contributed by atoms with van der Waals surface area (Å²) in [6.45, 7) is 3.27. The third kappa shape index (κ3) is 3.95. The van der Waals surface area contributed by atoms with Crippen LogP contribution >= 0.6 is 0 Å². The highest BCUT2D eigenvalue weighted by Gasteiger charge is 2.06. The van der Waals surface area contributed by atoms with E-state index in [0.717, 1.165) is 13.1 Å². The average molecular weight is 159 g/mol. The molecule has 0 atom stereocenters. The Morgan fingerprint density at radius 2 is 2.00 bits per heavy atom. The Hall–Kier alpha value is -0.610. The molecule has 0 aromatic rings. The number of carbonyl (C=O) groups is 1. The summed E-state index contributed by atoms with van der Waals surface area (Å²) < 4.78 is 0. The van der Waals surface area contributed by atoms with Gasteiger partial charge in [-0.15, -0.1) is 0 Å². The fraction of sp³-hybridized carbons (Fsp3) is 0.857. The van der Waals surface area contributed by atoms with Gasteiger partial charge >= 0.3 is 0 Å². The lowest BCUT2D eigenvalue weighted by Gasteiger charge is -2.26. The monoisotopic (exact) mass is 159 g/mol. The third-order valence-electron chi connectivity index (χ3n) is 1.65. The van der Waals surface area contributed by atoms with E-state index in [0.29, 0.717) is 0 Å². The summed E-state index contributed by atoms with van der Waals surface area (Å²) in [4.78, 5) is 10.8. The highest BCUT2D eigenvalue weighted by molar-refractivity contribution is 5.72. The molecule has 0 aliphatic rings. The number of nitrogens with one attached hydrogen (secondary N) is 1. The standard InChI is InChI=1S/C7H17N3O/c1-7(11)10(4)9(3)6-5-8-2/h8H,5-6H2,1-4H3. The number of likely N-dealkylation sites (N-methyl/N-ethyl adjacent to an activating group) is 2. The molecule has 66 valence electrons. The minimum Gasteiger partial charge on any atom is -0.318 e. The van der Waals surface area contributed by atoms with Crippen molar-refractivity contribution >= 4 is 5.91 Å². The lowest BCUT2D eigenvalue weighted by atomic mass is 10.6. The zero-order chi connectivity index (χ0) is 8.85. The second kappa shape index (κ2) is 5.09. The molecule has 0 spiro atoms. The van der Waals surface area contributed by atoms with Gasteiger partial charge in [-0.25, -0.2) is 5.01 Å². The number of hydrogen-bond donors (Lipinski definition) is 1. The van der Waals surface area contributed by atoms with Gasteiger partial charge < -0.3 is 5.32 Å². The van der Waals surface area contributed by atoms with Gasteiger partial charge in [0.05, 0.1) is 0 Å². The van der Waals surface area contributed by atoms with Crippen LogP contribution in [0.25, 0.3) is 0 Å². The fourth-order valence-corrected chi connectivity index (χ4v) is 0.664. The topological polar surface area (TPSA) is 35.6 Å². The van der Waals surface area contributed by atoms with Crippen LogP contribution in [0.1, 0.15) is 6.92 Å². The Morgan fingerprint density at radius 3 is 2.36 bits per heavy atom. The molecule has 0 bridgehead atoms. The zero-order valence-corrected chi connectivity index (χ0v) is 7.72. The Morgan fingerprint density at radius 1 is 1.45 bits per heavy atom. The molecule has 0 saturated carbocycles. The quantitative estimate of drug-likeness (QED) is 0.563. The van der Waals surface area contributed by atoms with Gasteiger partial charge in [-0.1, -0.05) is 0 Å². The van der Waals surface area contributed by atoms with E-state index in [9.17, 15) is 4.79 Å². The maximum Gasteiger partial charge on any atom is 0.233 e. The molecule has 1 N–H and O–H groups in total. The van der Waals surface area contributed by atoms with E-state index in [1.165, 1.54) is 0 Å². The van der Waals surface area contributed by atoms with Crippen molar-refractivity contribution in [1.82, 2.24) is 15.3 Å². The van der Waals surface area contributed by atoms with E-state index in [4.69, 9.17) is 0 Å². The number of carbonyl (C=O) groups excluding carboxylic acids is 1. The summed E-state index contributed by atoms with van der Waals surface area (Å²) in [7, 11) is 5.54. The summed E-state index contributed by atoms with van der Waals surface area (Å²) in [6.07, 6.45) is 0. The van der Waals surface area contributed by atoms with Gasteiger partial charge in [0.25, 0.3) is 0 Å². The summed E-state index contributed by atoms with van der Waals surface area (Å²) in [5.41, 5.74) is 0. The lowest BCUT2D eigenvalue weighted by Crippen LogP contribution is -2.42. The molecule has 0 aromatic heterocycles. The number of hydrogen-bond acceptors (Lipinski definition) is 3. The molecule has 0 aliphatic heterocycles. The van der Waals surface area contributed by atoms with Crippen molar-refractivity contribution in [3.8, 4) is 0 Å². The largest absolute Gasteiger partial charge is 0.318 e. The van der Waals surface area contributed by atoms with Crippen LogP contribution in [0.4, 0.5) is 0 Å². The molecule has 0 aromatic carbocycles. The first-order valence-corrected chi connectivity index (χ1v) is 3.69. The average Bonchev–Trinajstić information content (AvgIpc) is 1.98. The van der Waals surface area contributed by atoms with Crippen molar-refractivity contribution in [3.63, 3.8) is 0 Å². The van der Waals surface area contributed by atoms with Gasteiger partial charge in [-0.3, -0.25) is 9.80 Å². The Labute approximate surface area is 68.1 Å². The Balaban J connectivity index is 3.63. The summed E-state index contributed by atoms with van der Waals surface area (Å²) >= 11 is 0. The zero-order valence-electron chi connectivity index (χ0n) is 7.72. The number of nitrogens with zero attached hydrogens (tertiary/aromatic N) is 2. The highest BCUT2D eigenvalue weighted by atomic mass is 16.2. The first-order chi connectivity index (χ1) is 5.09. The molecule has 0 heterocycles. The van der Waals surface area contributed by atoms with Crippen molar-refractivity contribution in [2.75, 3.05) is 34.2 Å². The predicted molar refractivity (Wildman–Crippen MR) is 45.0 cm³/mol. The van der Waals surface area contributed by atoms with E-state index < -0.39 is 0 Å². The number of hydrazine groups is 1. The van der Waals surface area contributed by atoms with E-state index in [1.807, 2.05) is 19.1 Å². The molecule has 0 saturated heterocycles. The molecule has 1 amide bonds. The van der Waals surface area contributed by atoms with Crippen LogP contribution in [-0.2, 0) is 4.79 Å². The number of amides is 1. The summed E-state index contributed by atoms with van der Waals surface area (Å²) in [5, 5.41) is 6.48. The second-order valence-electron chi connectivity index (χ2n) is 2.53. The molecule has 0 unspecified atom stereocenters. The normalized spacial score (nSPS) is 10.3. The maximum atomic E-state index is 10.8. The molecule has 0 rings (SSSR count). The molecule has 0 aliphatic carbocycles. The lowest BCUT2D eigenvalue weighted by molar-refractivity contribution is -0.140. The van der Waals surface area contributed by atoms with Gasteiger partial charge in [0.2, 0.25) is 5.91 Å². The van der Waals surface area contributed by atoms with E-state index in [-0.39, 0.29) is 5.91 Å². The smallest absolute Gasteiger partial charge is 0.233 e. The molecule has 4 nitrogen and oxygen atoms in total. The highest BCUT2D eigenvalue weighted by Crippen LogP contribution is 1.88. The van der Waals surface area contributed by atoms with Crippen molar-refractivity contribution in [3.05, 3.63) is 0 Å². The molecule has 4 heteroatoms. The molecular weight excluding hydrogens is 142 g/mol. The van der Waals surface area contributed by atoms with Gasteiger partial charge in [0, 0.05) is 34.1 Å². The van der Waals surface area contributed by atoms with Crippen LogP contribution in [-0.4, -0.2) is 50.2 Å². The molecule has 11 heavy (non-hydrogen) atoms. The third-order valence-corrected chi connectivity index (χ3v) is 1.65.